The van der Waals surface area contributed by atoms with Gasteiger partial charge in [0.15, 0.2) is 12.1 Å². The Labute approximate surface area is 154 Å². The van der Waals surface area contributed by atoms with Gasteiger partial charge < -0.3 is 35.0 Å². The first kappa shape index (κ1) is 19.2. The number of ketones is 1. The van der Waals surface area contributed by atoms with E-state index in [4.69, 9.17) is 9.47 Å². The smallest absolute Gasteiger partial charge is 0.231 e. The van der Waals surface area contributed by atoms with E-state index in [-0.39, 0.29) is 29.3 Å². The third-order valence-electron chi connectivity index (χ3n) is 4.13. The van der Waals surface area contributed by atoms with Crippen LogP contribution in [0.5, 0.6) is 11.5 Å². The summed E-state index contributed by atoms with van der Waals surface area (Å²) in [6.45, 7) is 0. The molecule has 1 fully saturated rings. The van der Waals surface area contributed by atoms with Crippen molar-refractivity contribution < 1.29 is 39.8 Å². The third-order valence-corrected chi connectivity index (χ3v) is 4.13. The summed E-state index contributed by atoms with van der Waals surface area (Å²) in [5, 5.41) is 48.6. The van der Waals surface area contributed by atoms with Gasteiger partial charge in [0.25, 0.3) is 0 Å². The summed E-state index contributed by atoms with van der Waals surface area (Å²) >= 11 is 0. The number of phenols is 1. The van der Waals surface area contributed by atoms with Gasteiger partial charge in [0.1, 0.15) is 29.8 Å². The zero-order valence-corrected chi connectivity index (χ0v) is 14.0. The number of Topliss-reactive ketones (excluding diaryl/α,β-unsaturated/α-hetero) is 1. The van der Waals surface area contributed by atoms with Gasteiger partial charge in [0.05, 0.1) is 12.0 Å². The molecule has 2 heterocycles. The van der Waals surface area contributed by atoms with E-state index in [1.165, 1.54) is 12.1 Å². The Morgan fingerprint density at radius 3 is 2.52 bits per heavy atom. The Bertz CT molecular complexity index is 799. The number of benzene rings is 1. The maximum absolute atomic E-state index is 12.3. The van der Waals surface area contributed by atoms with Crippen molar-refractivity contribution in [3.05, 3.63) is 53.9 Å². The highest BCUT2D eigenvalue weighted by Crippen LogP contribution is 2.28. The molecule has 0 bridgehead atoms. The molecule has 9 heteroatoms. The number of aromatic hydroxyl groups is 1. The van der Waals surface area contributed by atoms with Crippen LogP contribution < -0.4 is 4.74 Å². The first-order chi connectivity index (χ1) is 12.9. The number of rotatable bonds is 5. The maximum Gasteiger partial charge on any atom is 0.231 e. The Morgan fingerprint density at radius 2 is 1.85 bits per heavy atom. The molecule has 1 aromatic heterocycles. The summed E-state index contributed by atoms with van der Waals surface area (Å²) in [6.07, 6.45) is -6.64. The number of carbonyl (C=O) groups excluding carboxylic acids is 1. The van der Waals surface area contributed by atoms with Gasteiger partial charge in [0, 0.05) is 18.0 Å². The second kappa shape index (κ2) is 7.99. The van der Waals surface area contributed by atoms with Gasteiger partial charge in [-0.3, -0.25) is 9.78 Å². The summed E-state index contributed by atoms with van der Waals surface area (Å²) in [4.78, 5) is 16.4. The quantitative estimate of drug-likeness (QED) is 0.428. The Morgan fingerprint density at radius 1 is 1.07 bits per heavy atom. The molecule has 1 saturated heterocycles. The van der Waals surface area contributed by atoms with Gasteiger partial charge in [-0.1, -0.05) is 6.07 Å². The average Bonchev–Trinajstić information content (AvgIpc) is 2.65. The standard InChI is InChI=1S/C18H19NO8/c20-12(7-9-3-1-2-6-19-9)11-5-4-10(8-13(11)21)26-18-16(24)14(22)15(23)17(25)27-18/h1-6,8,14-18,21-25H,7H2. The predicted molar refractivity (Wildman–Crippen MR) is 89.9 cm³/mol. The van der Waals surface area contributed by atoms with E-state index < -0.39 is 30.9 Å². The lowest BCUT2D eigenvalue weighted by Crippen LogP contribution is -2.59. The number of nitrogens with zero attached hydrogens (tertiary/aromatic N) is 1. The SMILES string of the molecule is O=C(Cc1ccccn1)c1ccc(OC2OC(O)C(O)C(O)C2O)cc1O. The Kier molecular flexibility index (Phi) is 5.68. The second-order valence-electron chi connectivity index (χ2n) is 6.08. The Hall–Kier alpha value is -2.56. The first-order valence-electron chi connectivity index (χ1n) is 8.17. The second-order valence-corrected chi connectivity index (χ2v) is 6.08. The summed E-state index contributed by atoms with van der Waals surface area (Å²) in [6, 6.07) is 9.02. The molecule has 2 aromatic rings. The number of pyridine rings is 1. The lowest BCUT2D eigenvalue weighted by molar-refractivity contribution is -0.321. The third kappa shape index (κ3) is 4.24. The van der Waals surface area contributed by atoms with E-state index in [0.717, 1.165) is 6.07 Å². The number of hydrogen-bond donors (Lipinski definition) is 5. The van der Waals surface area contributed by atoms with Crippen molar-refractivity contribution in [2.45, 2.75) is 37.3 Å². The molecule has 1 aliphatic rings. The fraction of sp³-hybridized carbons (Fsp3) is 0.333. The highest BCUT2D eigenvalue weighted by atomic mass is 16.7. The highest BCUT2D eigenvalue weighted by molar-refractivity contribution is 5.99. The molecule has 5 unspecified atom stereocenters. The lowest BCUT2D eigenvalue weighted by atomic mass is 10.0. The summed E-state index contributed by atoms with van der Waals surface area (Å²) in [7, 11) is 0. The summed E-state index contributed by atoms with van der Waals surface area (Å²) < 4.78 is 10.2. The molecule has 0 aliphatic carbocycles. The predicted octanol–water partition coefficient (Wildman–Crippen LogP) is -0.651. The number of aromatic nitrogens is 1. The fourth-order valence-corrected chi connectivity index (χ4v) is 2.64. The van der Waals surface area contributed by atoms with Gasteiger partial charge in [0.2, 0.25) is 6.29 Å². The van der Waals surface area contributed by atoms with E-state index in [0.29, 0.717) is 5.69 Å². The Balaban J connectivity index is 1.70. The minimum Gasteiger partial charge on any atom is -0.507 e. The summed E-state index contributed by atoms with van der Waals surface area (Å²) in [5.74, 6) is -0.665. The van der Waals surface area contributed by atoms with Gasteiger partial charge in [-0.15, -0.1) is 0 Å². The highest BCUT2D eigenvalue weighted by Gasteiger charge is 2.44. The molecule has 3 rings (SSSR count). The van der Waals surface area contributed by atoms with E-state index in [9.17, 15) is 30.3 Å². The number of aliphatic hydroxyl groups is 4. The van der Waals surface area contributed by atoms with E-state index >= 15 is 0 Å². The number of hydrogen-bond acceptors (Lipinski definition) is 9. The van der Waals surface area contributed by atoms with Crippen LogP contribution in [0.15, 0.2) is 42.6 Å². The van der Waals surface area contributed by atoms with E-state index in [2.05, 4.69) is 4.98 Å². The van der Waals surface area contributed by atoms with E-state index in [1.54, 1.807) is 24.4 Å². The molecular formula is C18H19NO8. The van der Waals surface area contributed by atoms with Crippen molar-refractivity contribution in [3.8, 4) is 11.5 Å². The molecule has 0 spiro atoms. The molecule has 5 atom stereocenters. The molecule has 1 aromatic carbocycles. The van der Waals surface area contributed by atoms with Crippen molar-refractivity contribution >= 4 is 5.78 Å². The van der Waals surface area contributed by atoms with Crippen molar-refractivity contribution in [2.24, 2.45) is 0 Å². The molecule has 1 aliphatic heterocycles. The summed E-state index contributed by atoms with van der Waals surface area (Å²) in [5.41, 5.74) is 0.621. The lowest BCUT2D eigenvalue weighted by Gasteiger charge is -2.37. The van der Waals surface area contributed by atoms with Crippen molar-refractivity contribution in [1.29, 1.82) is 0 Å². The van der Waals surface area contributed by atoms with Crippen LogP contribution in [0.2, 0.25) is 0 Å². The number of phenolic OH excluding ortho intramolecular Hbond substituents is 1. The number of aliphatic hydroxyl groups excluding tert-OH is 4. The number of ether oxygens (including phenoxy) is 2. The van der Waals surface area contributed by atoms with Crippen LogP contribution in [0, 0.1) is 0 Å². The van der Waals surface area contributed by atoms with Crippen molar-refractivity contribution in [3.63, 3.8) is 0 Å². The molecule has 0 radical (unpaired) electrons. The van der Waals surface area contributed by atoms with Gasteiger partial charge >= 0.3 is 0 Å². The topological polar surface area (TPSA) is 150 Å². The van der Waals surface area contributed by atoms with Crippen LogP contribution in [0.1, 0.15) is 16.1 Å². The van der Waals surface area contributed by atoms with E-state index in [1.807, 2.05) is 0 Å². The van der Waals surface area contributed by atoms with Gasteiger partial charge in [-0.25, -0.2) is 0 Å². The zero-order valence-electron chi connectivity index (χ0n) is 14.0. The molecule has 27 heavy (non-hydrogen) atoms. The van der Waals surface area contributed by atoms with Crippen LogP contribution in [0.3, 0.4) is 0 Å². The average molecular weight is 377 g/mol. The maximum atomic E-state index is 12.3. The van der Waals surface area contributed by atoms with Crippen LogP contribution in [0.4, 0.5) is 0 Å². The van der Waals surface area contributed by atoms with Crippen molar-refractivity contribution in [1.82, 2.24) is 4.98 Å². The van der Waals surface area contributed by atoms with Crippen LogP contribution in [-0.4, -0.2) is 67.2 Å². The normalized spacial score (nSPS) is 27.9. The van der Waals surface area contributed by atoms with Crippen LogP contribution in [0.25, 0.3) is 0 Å². The molecule has 9 nitrogen and oxygen atoms in total. The van der Waals surface area contributed by atoms with Crippen molar-refractivity contribution in [2.75, 3.05) is 0 Å². The molecule has 0 saturated carbocycles. The number of carbonyl (C=O) groups is 1. The zero-order chi connectivity index (χ0) is 19.6. The first-order valence-corrected chi connectivity index (χ1v) is 8.17. The minimum atomic E-state index is -1.75. The van der Waals surface area contributed by atoms with Crippen LogP contribution >= 0.6 is 0 Å². The largest absolute Gasteiger partial charge is 0.507 e. The van der Waals surface area contributed by atoms with Gasteiger partial charge in [-0.2, -0.15) is 0 Å². The monoisotopic (exact) mass is 377 g/mol. The van der Waals surface area contributed by atoms with Crippen LogP contribution in [-0.2, 0) is 11.2 Å². The molecule has 5 N–H and O–H groups in total. The fourth-order valence-electron chi connectivity index (χ4n) is 2.64. The molecule has 144 valence electrons. The van der Waals surface area contributed by atoms with Gasteiger partial charge in [-0.05, 0) is 24.3 Å². The molecule has 0 amide bonds. The minimum absolute atomic E-state index is 0.00925. The molecular weight excluding hydrogens is 358 g/mol.